The molecule has 0 radical (unpaired) electrons. The maximum absolute atomic E-state index is 10.7. The van der Waals surface area contributed by atoms with Crippen LogP contribution in [0.3, 0.4) is 0 Å². The smallest absolute Gasteiger partial charge is 0.269 e. The largest absolute Gasteiger partial charge is 0.508 e. The summed E-state index contributed by atoms with van der Waals surface area (Å²) in [6.45, 7) is 1.95. The molecule has 0 saturated heterocycles. The Hall–Kier alpha value is -2.92. The van der Waals surface area contributed by atoms with Crippen molar-refractivity contribution < 1.29 is 20.2 Å². The Labute approximate surface area is 157 Å². The summed E-state index contributed by atoms with van der Waals surface area (Å²) in [6.07, 6.45) is 1.56. The van der Waals surface area contributed by atoms with E-state index in [1.165, 1.54) is 18.2 Å². The number of nitrogens with zero attached hydrogens (tertiary/aromatic N) is 1. The Balaban J connectivity index is 2.02. The van der Waals surface area contributed by atoms with Crippen LogP contribution in [0, 0.1) is 10.1 Å². The second kappa shape index (κ2) is 9.69. The van der Waals surface area contributed by atoms with Gasteiger partial charge in [-0.2, -0.15) is 0 Å². The molecule has 0 heterocycles. The van der Waals surface area contributed by atoms with Crippen LogP contribution in [-0.4, -0.2) is 20.2 Å². The number of nitro groups is 1. The molecular weight excluding hydrogens is 346 g/mol. The highest BCUT2D eigenvalue weighted by Gasteiger charge is 2.12. The quantitative estimate of drug-likeness (QED) is 0.365. The van der Waals surface area contributed by atoms with Gasteiger partial charge in [0.15, 0.2) is 0 Å². The topological polar surface area (TPSA) is 104 Å². The zero-order valence-electron chi connectivity index (χ0n) is 15.1. The van der Waals surface area contributed by atoms with Crippen LogP contribution in [0.2, 0.25) is 0 Å². The molecule has 2 aromatic rings. The van der Waals surface area contributed by atoms with E-state index in [1.54, 1.807) is 36.4 Å². The highest BCUT2D eigenvalue weighted by Crippen LogP contribution is 2.25. The molecule has 0 unspecified atom stereocenters. The van der Waals surface area contributed by atoms with Crippen molar-refractivity contribution in [3.05, 3.63) is 87.2 Å². The molecule has 0 fully saturated rings. The van der Waals surface area contributed by atoms with Crippen molar-refractivity contribution in [3.63, 3.8) is 0 Å². The van der Waals surface area contributed by atoms with Crippen molar-refractivity contribution in [2.45, 2.75) is 38.4 Å². The van der Waals surface area contributed by atoms with Crippen LogP contribution < -0.4 is 0 Å². The zero-order chi connectivity index (χ0) is 19.8. The van der Waals surface area contributed by atoms with Crippen LogP contribution in [0.25, 0.3) is 0 Å². The third-order valence-corrected chi connectivity index (χ3v) is 4.26. The first-order chi connectivity index (χ1) is 12.9. The number of aromatic hydroxyl groups is 1. The molecule has 2 rings (SSSR count). The molecule has 0 aliphatic rings. The number of non-ortho nitro benzene ring substituents is 1. The van der Waals surface area contributed by atoms with Crippen molar-refractivity contribution in [2.24, 2.45) is 0 Å². The van der Waals surface area contributed by atoms with Crippen molar-refractivity contribution >= 4 is 5.69 Å². The van der Waals surface area contributed by atoms with Gasteiger partial charge in [-0.15, -0.1) is 5.73 Å². The van der Waals surface area contributed by atoms with Crippen LogP contribution in [0.5, 0.6) is 5.75 Å². The Kier molecular flexibility index (Phi) is 7.32. The Morgan fingerprint density at radius 1 is 1.15 bits per heavy atom. The van der Waals surface area contributed by atoms with Gasteiger partial charge in [-0.05, 0) is 53.5 Å². The van der Waals surface area contributed by atoms with Crippen LogP contribution >= 0.6 is 0 Å². The highest BCUT2D eigenvalue weighted by atomic mass is 16.6. The highest BCUT2D eigenvalue weighted by molar-refractivity contribution is 5.34. The number of phenols is 1. The molecule has 2 aromatic carbocycles. The first-order valence-electron chi connectivity index (χ1n) is 8.73. The van der Waals surface area contributed by atoms with Gasteiger partial charge in [-0.1, -0.05) is 19.1 Å². The molecule has 0 saturated carbocycles. The van der Waals surface area contributed by atoms with E-state index in [-0.39, 0.29) is 11.4 Å². The molecular formula is C21H23NO5. The number of hydrogen-bond acceptors (Lipinski definition) is 5. The molecule has 6 heteroatoms. The molecule has 0 amide bonds. The molecule has 0 aromatic heterocycles. The molecule has 6 nitrogen and oxygen atoms in total. The van der Waals surface area contributed by atoms with E-state index in [0.29, 0.717) is 30.4 Å². The first-order valence-corrected chi connectivity index (χ1v) is 8.73. The number of aliphatic hydroxyl groups excluding tert-OH is 2. The summed E-state index contributed by atoms with van der Waals surface area (Å²) >= 11 is 0. The summed E-state index contributed by atoms with van der Waals surface area (Å²) < 4.78 is 0. The van der Waals surface area contributed by atoms with E-state index in [0.717, 1.165) is 5.57 Å². The van der Waals surface area contributed by atoms with E-state index in [2.05, 4.69) is 5.73 Å². The van der Waals surface area contributed by atoms with Crippen molar-refractivity contribution in [1.29, 1.82) is 0 Å². The summed E-state index contributed by atoms with van der Waals surface area (Å²) in [5.74, 6) is 0.103. The molecule has 2 atom stereocenters. The fraction of sp³-hybridized carbons (Fsp3) is 0.286. The van der Waals surface area contributed by atoms with E-state index < -0.39 is 17.1 Å². The summed E-state index contributed by atoms with van der Waals surface area (Å²) in [7, 11) is 0. The number of aliphatic hydroxyl groups is 2. The minimum Gasteiger partial charge on any atom is -0.508 e. The van der Waals surface area contributed by atoms with Gasteiger partial charge < -0.3 is 15.3 Å². The molecule has 142 valence electrons. The van der Waals surface area contributed by atoms with Gasteiger partial charge >= 0.3 is 0 Å². The lowest BCUT2D eigenvalue weighted by Gasteiger charge is -2.11. The van der Waals surface area contributed by atoms with Crippen molar-refractivity contribution in [1.82, 2.24) is 0 Å². The van der Waals surface area contributed by atoms with E-state index >= 15 is 0 Å². The molecule has 0 aliphatic carbocycles. The molecule has 27 heavy (non-hydrogen) atoms. The lowest BCUT2D eigenvalue weighted by atomic mass is 10.00. The van der Waals surface area contributed by atoms with Gasteiger partial charge in [-0.25, -0.2) is 0 Å². The van der Waals surface area contributed by atoms with Gasteiger partial charge in [0.2, 0.25) is 0 Å². The van der Waals surface area contributed by atoms with Crippen molar-refractivity contribution in [2.75, 3.05) is 0 Å². The Morgan fingerprint density at radius 2 is 1.85 bits per heavy atom. The fourth-order valence-electron chi connectivity index (χ4n) is 2.66. The normalized spacial score (nSPS) is 12.7. The van der Waals surface area contributed by atoms with Crippen molar-refractivity contribution in [3.8, 4) is 5.75 Å². The van der Waals surface area contributed by atoms with E-state index in [1.807, 2.05) is 6.92 Å². The van der Waals surface area contributed by atoms with Crippen LogP contribution in [0.1, 0.15) is 49.5 Å². The number of phenolic OH excluding ortho intramolecular Hbond substituents is 1. The maximum Gasteiger partial charge on any atom is 0.269 e. The molecule has 0 aliphatic heterocycles. The number of rotatable bonds is 8. The number of benzene rings is 2. The summed E-state index contributed by atoms with van der Waals surface area (Å²) in [6, 6.07) is 12.3. The minimum absolute atomic E-state index is 0.0157. The predicted octanol–water partition coefficient (Wildman–Crippen LogP) is 4.34. The van der Waals surface area contributed by atoms with Gasteiger partial charge in [0, 0.05) is 25.0 Å². The zero-order valence-corrected chi connectivity index (χ0v) is 15.1. The lowest BCUT2D eigenvalue weighted by Crippen LogP contribution is -1.99. The van der Waals surface area contributed by atoms with E-state index in [9.17, 15) is 25.4 Å². The number of nitro benzene ring substituents is 1. The van der Waals surface area contributed by atoms with Gasteiger partial charge in [0.1, 0.15) is 5.75 Å². The molecule has 3 N–H and O–H groups in total. The standard InChI is InChI=1S/C21H23NO5/c1-2-15(5-3-8-20(24)17-6-4-7-19(23)14-17)13-21(25)16-9-11-18(12-10-16)22(26)27/h3-4,6-7,9-12,14,20-21,23-25H,2,8,13H2,1H3/t5?,20-,21-/m1/s1. The average molecular weight is 369 g/mol. The Bertz CT molecular complexity index is 838. The minimum atomic E-state index is -0.780. The molecule has 0 bridgehead atoms. The van der Waals surface area contributed by atoms with Crippen LogP contribution in [0.4, 0.5) is 5.69 Å². The second-order valence-corrected chi connectivity index (χ2v) is 6.22. The maximum atomic E-state index is 10.7. The third kappa shape index (κ3) is 6.08. The first kappa shape index (κ1) is 20.4. The number of hydrogen-bond donors (Lipinski definition) is 3. The fourth-order valence-corrected chi connectivity index (χ4v) is 2.66. The van der Waals surface area contributed by atoms with E-state index in [4.69, 9.17) is 0 Å². The third-order valence-electron chi connectivity index (χ3n) is 4.26. The Morgan fingerprint density at radius 3 is 2.44 bits per heavy atom. The average Bonchev–Trinajstić information content (AvgIpc) is 2.67. The van der Waals surface area contributed by atoms with Gasteiger partial charge in [0.25, 0.3) is 5.69 Å². The lowest BCUT2D eigenvalue weighted by molar-refractivity contribution is -0.384. The van der Waals surface area contributed by atoms with Crippen LogP contribution in [0.15, 0.2) is 65.9 Å². The summed E-state index contributed by atoms with van der Waals surface area (Å²) in [5.41, 5.74) is 5.21. The van der Waals surface area contributed by atoms with Crippen LogP contribution in [-0.2, 0) is 0 Å². The summed E-state index contributed by atoms with van der Waals surface area (Å²) in [4.78, 5) is 10.2. The second-order valence-electron chi connectivity index (χ2n) is 6.22. The monoisotopic (exact) mass is 369 g/mol. The summed E-state index contributed by atoms with van der Waals surface area (Å²) in [5, 5.41) is 40.7. The molecule has 0 spiro atoms. The van der Waals surface area contributed by atoms with Gasteiger partial charge in [-0.3, -0.25) is 10.1 Å². The predicted molar refractivity (Wildman–Crippen MR) is 102 cm³/mol. The van der Waals surface area contributed by atoms with Gasteiger partial charge in [0.05, 0.1) is 17.1 Å². The SMILES string of the molecule is CCC(=C=CC[C@@H](O)c1cccc(O)c1)C[C@@H](O)c1ccc([N+](=O)[O-])cc1.